The maximum absolute atomic E-state index is 12.4. The smallest absolute Gasteiger partial charge is 0.224 e. The van der Waals surface area contributed by atoms with Gasteiger partial charge in [0.2, 0.25) is 5.91 Å². The summed E-state index contributed by atoms with van der Waals surface area (Å²) >= 11 is 0. The molecule has 106 valence electrons. The Morgan fingerprint density at radius 3 is 2.89 bits per heavy atom. The number of rotatable bonds is 6. The molecule has 6 heteroatoms. The zero-order valence-electron chi connectivity index (χ0n) is 11.6. The Kier molecular flexibility index (Phi) is 5.32. The van der Waals surface area contributed by atoms with Crippen molar-refractivity contribution in [3.63, 3.8) is 0 Å². The van der Waals surface area contributed by atoms with E-state index < -0.39 is 0 Å². The molecule has 0 aromatic carbocycles. The van der Waals surface area contributed by atoms with E-state index in [0.29, 0.717) is 19.0 Å². The molecule has 0 bridgehead atoms. The highest BCUT2D eigenvalue weighted by atomic mass is 16.2. The summed E-state index contributed by atoms with van der Waals surface area (Å²) in [7, 11) is 0. The maximum atomic E-state index is 12.4. The summed E-state index contributed by atoms with van der Waals surface area (Å²) in [6.45, 7) is 5.63. The van der Waals surface area contributed by atoms with E-state index in [4.69, 9.17) is 0 Å². The fourth-order valence-corrected chi connectivity index (χ4v) is 2.57. The van der Waals surface area contributed by atoms with Crippen molar-refractivity contribution in [3.8, 4) is 0 Å². The van der Waals surface area contributed by atoms with Crippen LogP contribution in [0.4, 0.5) is 0 Å². The van der Waals surface area contributed by atoms with Crippen LogP contribution in [0.2, 0.25) is 0 Å². The molecule has 0 atom stereocenters. The molecular weight excluding hydrogens is 242 g/mol. The number of hydrogen-bond acceptors (Lipinski definition) is 4. The quantitative estimate of drug-likeness (QED) is 0.820. The number of nitrogens with one attached hydrogen (secondary N) is 1. The number of aromatic nitrogens is 3. The molecule has 1 amide bonds. The predicted molar refractivity (Wildman–Crippen MR) is 72.5 cm³/mol. The zero-order valence-corrected chi connectivity index (χ0v) is 11.6. The van der Waals surface area contributed by atoms with Crippen molar-refractivity contribution in [2.75, 3.05) is 19.6 Å². The normalized spacial score (nSPS) is 16.5. The SMILES string of the molecule is CCCN(C(=O)CCn1cncn1)C1CCNCC1. The van der Waals surface area contributed by atoms with Crippen LogP contribution >= 0.6 is 0 Å². The summed E-state index contributed by atoms with van der Waals surface area (Å²) in [5.74, 6) is 0.240. The molecule has 0 radical (unpaired) electrons. The first-order valence-electron chi connectivity index (χ1n) is 7.14. The van der Waals surface area contributed by atoms with E-state index >= 15 is 0 Å². The second kappa shape index (κ2) is 7.23. The third-order valence-corrected chi connectivity index (χ3v) is 3.56. The van der Waals surface area contributed by atoms with E-state index in [1.54, 1.807) is 11.0 Å². The molecule has 1 aliphatic rings. The van der Waals surface area contributed by atoms with Gasteiger partial charge in [-0.3, -0.25) is 9.48 Å². The summed E-state index contributed by atoms with van der Waals surface area (Å²) < 4.78 is 1.71. The molecule has 1 saturated heterocycles. The Balaban J connectivity index is 1.87. The Bertz CT molecular complexity index is 372. The van der Waals surface area contributed by atoms with Gasteiger partial charge in [0.1, 0.15) is 12.7 Å². The molecule has 1 N–H and O–H groups in total. The number of hydrogen-bond donors (Lipinski definition) is 1. The minimum absolute atomic E-state index is 0.240. The van der Waals surface area contributed by atoms with E-state index in [1.165, 1.54) is 6.33 Å². The minimum atomic E-state index is 0.240. The molecular formula is C13H23N5O. The molecule has 0 unspecified atom stereocenters. The van der Waals surface area contributed by atoms with Crippen LogP contribution in [0, 0.1) is 0 Å². The fraction of sp³-hybridized carbons (Fsp3) is 0.769. The Morgan fingerprint density at radius 1 is 1.47 bits per heavy atom. The van der Waals surface area contributed by atoms with Crippen LogP contribution in [0.5, 0.6) is 0 Å². The highest BCUT2D eigenvalue weighted by Gasteiger charge is 2.24. The summed E-state index contributed by atoms with van der Waals surface area (Å²) in [6.07, 6.45) is 6.81. The van der Waals surface area contributed by atoms with Gasteiger partial charge in [0.25, 0.3) is 0 Å². The van der Waals surface area contributed by atoms with E-state index in [9.17, 15) is 4.79 Å². The van der Waals surface area contributed by atoms with E-state index in [2.05, 4.69) is 27.2 Å². The average Bonchev–Trinajstić information content (AvgIpc) is 2.96. The van der Waals surface area contributed by atoms with Crippen LogP contribution < -0.4 is 5.32 Å². The molecule has 1 aromatic heterocycles. The molecule has 1 fully saturated rings. The molecule has 2 rings (SSSR count). The van der Waals surface area contributed by atoms with Gasteiger partial charge in [-0.2, -0.15) is 5.10 Å². The standard InChI is InChI=1S/C13H23N5O/c1-2-8-18(12-3-6-14-7-4-12)13(19)5-9-17-11-15-10-16-17/h10-12,14H,2-9H2,1H3. The molecule has 1 aromatic rings. The highest BCUT2D eigenvalue weighted by molar-refractivity contribution is 5.76. The first-order valence-corrected chi connectivity index (χ1v) is 7.14. The molecule has 0 aliphatic carbocycles. The third-order valence-electron chi connectivity index (χ3n) is 3.56. The van der Waals surface area contributed by atoms with E-state index in [-0.39, 0.29) is 5.91 Å². The number of nitrogens with zero attached hydrogens (tertiary/aromatic N) is 4. The number of aryl methyl sites for hydroxylation is 1. The lowest BCUT2D eigenvalue weighted by atomic mass is 10.0. The summed E-state index contributed by atoms with van der Waals surface area (Å²) in [4.78, 5) is 18.3. The van der Waals surface area contributed by atoms with Gasteiger partial charge in [-0.25, -0.2) is 4.98 Å². The molecule has 6 nitrogen and oxygen atoms in total. The van der Waals surface area contributed by atoms with Crippen LogP contribution in [-0.2, 0) is 11.3 Å². The lowest BCUT2D eigenvalue weighted by Crippen LogP contribution is -2.46. The second-order valence-corrected chi connectivity index (χ2v) is 4.98. The van der Waals surface area contributed by atoms with Gasteiger partial charge in [-0.05, 0) is 32.4 Å². The average molecular weight is 265 g/mol. The molecule has 0 saturated carbocycles. The van der Waals surface area contributed by atoms with E-state index in [1.807, 2.05) is 0 Å². The van der Waals surface area contributed by atoms with Crippen LogP contribution in [0.3, 0.4) is 0 Å². The number of carbonyl (C=O) groups is 1. The topological polar surface area (TPSA) is 63.1 Å². The number of carbonyl (C=O) groups excluding carboxylic acids is 1. The first-order chi connectivity index (χ1) is 9.31. The van der Waals surface area contributed by atoms with Gasteiger partial charge in [-0.15, -0.1) is 0 Å². The largest absolute Gasteiger partial charge is 0.340 e. The number of amides is 1. The Labute approximate surface area is 114 Å². The van der Waals surface area contributed by atoms with Crippen molar-refractivity contribution < 1.29 is 4.79 Å². The third kappa shape index (κ3) is 4.02. The van der Waals surface area contributed by atoms with Crippen LogP contribution in [-0.4, -0.2) is 51.2 Å². The molecule has 19 heavy (non-hydrogen) atoms. The van der Waals surface area contributed by atoms with Gasteiger partial charge in [-0.1, -0.05) is 6.92 Å². The monoisotopic (exact) mass is 265 g/mol. The number of piperidine rings is 1. The fourth-order valence-electron chi connectivity index (χ4n) is 2.57. The van der Waals surface area contributed by atoms with Gasteiger partial charge in [0, 0.05) is 19.0 Å². The van der Waals surface area contributed by atoms with Crippen molar-refractivity contribution in [1.29, 1.82) is 0 Å². The van der Waals surface area contributed by atoms with Crippen molar-refractivity contribution in [2.45, 2.75) is 45.2 Å². The van der Waals surface area contributed by atoms with Crippen LogP contribution in [0.15, 0.2) is 12.7 Å². The predicted octanol–water partition coefficient (Wildman–Crippen LogP) is 0.659. The summed E-state index contributed by atoms with van der Waals surface area (Å²) in [6, 6.07) is 0.407. The van der Waals surface area contributed by atoms with Gasteiger partial charge in [0.05, 0.1) is 6.54 Å². The van der Waals surface area contributed by atoms with Crippen molar-refractivity contribution in [1.82, 2.24) is 25.0 Å². The van der Waals surface area contributed by atoms with Crippen molar-refractivity contribution in [2.24, 2.45) is 0 Å². The van der Waals surface area contributed by atoms with Crippen molar-refractivity contribution in [3.05, 3.63) is 12.7 Å². The van der Waals surface area contributed by atoms with Crippen LogP contribution in [0.1, 0.15) is 32.6 Å². The van der Waals surface area contributed by atoms with Crippen LogP contribution in [0.25, 0.3) is 0 Å². The lowest BCUT2D eigenvalue weighted by molar-refractivity contribution is -0.134. The lowest BCUT2D eigenvalue weighted by Gasteiger charge is -2.34. The first kappa shape index (κ1) is 14.0. The van der Waals surface area contributed by atoms with Gasteiger partial charge < -0.3 is 10.2 Å². The minimum Gasteiger partial charge on any atom is -0.340 e. The molecule has 1 aliphatic heterocycles. The Hall–Kier alpha value is -1.43. The van der Waals surface area contributed by atoms with Gasteiger partial charge >= 0.3 is 0 Å². The second-order valence-electron chi connectivity index (χ2n) is 4.98. The zero-order chi connectivity index (χ0) is 13.5. The Morgan fingerprint density at radius 2 is 2.26 bits per heavy atom. The molecule has 2 heterocycles. The van der Waals surface area contributed by atoms with Gasteiger partial charge in [0.15, 0.2) is 0 Å². The summed E-state index contributed by atoms with van der Waals surface area (Å²) in [5.41, 5.74) is 0. The maximum Gasteiger partial charge on any atom is 0.224 e. The summed E-state index contributed by atoms with van der Waals surface area (Å²) in [5, 5.41) is 7.38. The van der Waals surface area contributed by atoms with E-state index in [0.717, 1.165) is 38.9 Å². The highest BCUT2D eigenvalue weighted by Crippen LogP contribution is 2.14. The van der Waals surface area contributed by atoms with Crippen molar-refractivity contribution >= 4 is 5.91 Å². The molecule has 0 spiro atoms.